The van der Waals surface area contributed by atoms with Gasteiger partial charge in [0.2, 0.25) is 12.9 Å². The van der Waals surface area contributed by atoms with Gasteiger partial charge in [-0.15, -0.1) is 0 Å². The summed E-state index contributed by atoms with van der Waals surface area (Å²) in [7, 11) is 1.34. The number of ether oxygens (including phenoxy) is 4. The number of hydrogen-bond donors (Lipinski definition) is 6. The minimum atomic E-state index is -1.77. The second-order valence-electron chi connectivity index (χ2n) is 9.89. The van der Waals surface area contributed by atoms with E-state index in [0.29, 0.717) is 11.1 Å². The van der Waals surface area contributed by atoms with Gasteiger partial charge in [0, 0.05) is 17.7 Å². The molecule has 1 fully saturated rings. The van der Waals surface area contributed by atoms with E-state index in [0.717, 1.165) is 12.1 Å². The number of carbonyl (C=O) groups excluding carboxylic acids is 1. The Kier molecular flexibility index (Phi) is 8.73. The monoisotopic (exact) mass is 609 g/mol. The maximum atomic E-state index is 12.0. The summed E-state index contributed by atoms with van der Waals surface area (Å²) in [6, 6.07) is 13.8. The third-order valence-corrected chi connectivity index (χ3v) is 6.87. The molecule has 2 aromatic carbocycles. The molecule has 2 heterocycles. The van der Waals surface area contributed by atoms with Gasteiger partial charge < -0.3 is 58.8 Å². The molecule has 1 saturated heterocycles. The Morgan fingerprint density at radius 2 is 1.66 bits per heavy atom. The van der Waals surface area contributed by atoms with Gasteiger partial charge in [-0.1, -0.05) is 12.1 Å². The summed E-state index contributed by atoms with van der Waals surface area (Å²) in [6.45, 7) is -0.465. The summed E-state index contributed by atoms with van der Waals surface area (Å²) in [4.78, 5) is 22.2. The zero-order valence-electron chi connectivity index (χ0n) is 23.1. The van der Waals surface area contributed by atoms with Gasteiger partial charge in [0.1, 0.15) is 35.6 Å². The first-order chi connectivity index (χ1) is 21.0. The quantitative estimate of drug-likeness (QED) is 0.0962. The van der Waals surface area contributed by atoms with Crippen molar-refractivity contribution in [1.82, 2.24) is 0 Å². The minimum Gasteiger partial charge on any atom is -0.508 e. The van der Waals surface area contributed by atoms with Crippen LogP contribution >= 0.6 is 0 Å². The Morgan fingerprint density at radius 3 is 2.39 bits per heavy atom. The number of esters is 1. The number of aliphatic hydroxyl groups is 3. The van der Waals surface area contributed by atoms with Crippen LogP contribution < -0.4 is 14.9 Å². The Hall–Kier alpha value is -5.08. The predicted molar refractivity (Wildman–Crippen MR) is 154 cm³/mol. The third-order valence-electron chi connectivity index (χ3n) is 6.87. The number of rotatable bonds is 8. The Labute approximate surface area is 249 Å². The zero-order valence-corrected chi connectivity index (χ0v) is 23.1. The number of aromatic hydroxyl groups is 3. The van der Waals surface area contributed by atoms with Gasteiger partial charge >= 0.3 is 5.97 Å². The third kappa shape index (κ3) is 6.45. The van der Waals surface area contributed by atoms with Crippen molar-refractivity contribution in [2.75, 3.05) is 13.7 Å². The Bertz CT molecular complexity index is 1690. The van der Waals surface area contributed by atoms with E-state index in [-0.39, 0.29) is 40.1 Å². The van der Waals surface area contributed by atoms with Crippen LogP contribution in [0.3, 0.4) is 0 Å². The smallest absolute Gasteiger partial charge is 0.508 e. The molecular weight excluding hydrogens is 580 g/mol. The molecule has 44 heavy (non-hydrogen) atoms. The number of benzene rings is 3. The van der Waals surface area contributed by atoms with Crippen molar-refractivity contribution in [1.29, 1.82) is 0 Å². The Morgan fingerprint density at radius 1 is 0.909 bits per heavy atom. The molecular formula is C31H29O13+. The number of phenols is 3. The number of fused-ring (bicyclic) bond motifs is 1. The van der Waals surface area contributed by atoms with Gasteiger partial charge in [-0.2, -0.15) is 0 Å². The van der Waals surface area contributed by atoms with Crippen LogP contribution in [0.5, 0.6) is 28.7 Å². The first-order valence-corrected chi connectivity index (χ1v) is 13.2. The van der Waals surface area contributed by atoms with Crippen molar-refractivity contribution < 1.29 is 58.8 Å². The number of methoxy groups -OCH3 is 1. The molecule has 3 aliphatic rings. The van der Waals surface area contributed by atoms with E-state index in [2.05, 4.69) is 0 Å². The van der Waals surface area contributed by atoms with Crippen LogP contribution in [0.25, 0.3) is 28.7 Å². The van der Waals surface area contributed by atoms with Gasteiger partial charge in [-0.3, -0.25) is 4.79 Å². The first-order valence-electron chi connectivity index (χ1n) is 13.2. The van der Waals surface area contributed by atoms with Crippen LogP contribution in [0.1, 0.15) is 5.56 Å². The Balaban J connectivity index is 1.41. The van der Waals surface area contributed by atoms with Crippen LogP contribution in [0.2, 0.25) is 0 Å². The average Bonchev–Trinajstić information content (AvgIpc) is 3.00. The molecule has 0 saturated carbocycles. The van der Waals surface area contributed by atoms with Crippen LogP contribution in [0.4, 0.5) is 0 Å². The summed E-state index contributed by atoms with van der Waals surface area (Å²) >= 11 is 0. The van der Waals surface area contributed by atoms with E-state index < -0.39 is 54.5 Å². The molecule has 0 spiro atoms. The predicted octanol–water partition coefficient (Wildman–Crippen LogP) is 1.96. The van der Waals surface area contributed by atoms with Crippen molar-refractivity contribution in [2.24, 2.45) is 0 Å². The lowest BCUT2D eigenvalue weighted by Crippen LogP contribution is -2.60. The maximum Gasteiger partial charge on any atom is 0.510 e. The van der Waals surface area contributed by atoms with Crippen LogP contribution in [-0.2, 0) is 9.47 Å². The average molecular weight is 610 g/mol. The molecule has 2 aromatic rings. The molecule has 1 aliphatic carbocycles. The second kappa shape index (κ2) is 12.7. The highest BCUT2D eigenvalue weighted by Gasteiger charge is 2.47. The fourth-order valence-corrected chi connectivity index (χ4v) is 4.53. The molecule has 13 heteroatoms. The normalized spacial score (nSPS) is 21.8. The zero-order chi connectivity index (χ0) is 31.5. The van der Waals surface area contributed by atoms with E-state index in [1.54, 1.807) is 12.1 Å². The number of aliphatic hydroxyl groups excluding tert-OH is 3. The molecule has 230 valence electrons. The molecule has 2 aliphatic heterocycles. The molecule has 0 radical (unpaired) electrons. The highest BCUT2D eigenvalue weighted by atomic mass is 16.7. The van der Waals surface area contributed by atoms with Crippen molar-refractivity contribution in [2.45, 2.75) is 30.7 Å². The molecule has 7 N–H and O–H groups in total. The second-order valence-corrected chi connectivity index (χ2v) is 9.89. The molecule has 5 unspecified atom stereocenters. The lowest BCUT2D eigenvalue weighted by Gasteiger charge is -2.39. The van der Waals surface area contributed by atoms with Crippen LogP contribution in [0, 0.1) is 0 Å². The number of hydrogen-bond acceptors (Lipinski definition) is 12. The van der Waals surface area contributed by atoms with Crippen LogP contribution in [-0.4, -0.2) is 85.8 Å². The van der Waals surface area contributed by atoms with E-state index in [4.69, 9.17) is 23.4 Å². The van der Waals surface area contributed by atoms with Crippen LogP contribution in [0.15, 0.2) is 76.0 Å². The van der Waals surface area contributed by atoms with Crippen molar-refractivity contribution >= 4 is 12.0 Å². The molecule has 13 nitrogen and oxygen atoms in total. The lowest BCUT2D eigenvalue weighted by molar-refractivity contribution is -0.276. The maximum absolute atomic E-state index is 12.0. The van der Waals surface area contributed by atoms with E-state index in [1.807, 2.05) is 0 Å². The summed E-state index contributed by atoms with van der Waals surface area (Å²) in [5.41, 5.74) is 0.516. The van der Waals surface area contributed by atoms with E-state index in [9.17, 15) is 40.2 Å². The molecule has 0 bridgehead atoms. The van der Waals surface area contributed by atoms with Gasteiger partial charge in [0.25, 0.3) is 0 Å². The first kappa shape index (κ1) is 30.4. The highest BCUT2D eigenvalue weighted by Crippen LogP contribution is 2.43. The van der Waals surface area contributed by atoms with Crippen molar-refractivity contribution in [3.05, 3.63) is 82.5 Å². The summed E-state index contributed by atoms with van der Waals surface area (Å²) in [5.74, 6) is -1.08. The molecule has 5 rings (SSSR count). The largest absolute Gasteiger partial charge is 0.510 e. The van der Waals surface area contributed by atoms with Gasteiger partial charge in [-0.05, 0) is 48.0 Å². The molecule has 0 amide bonds. The fourth-order valence-electron chi connectivity index (χ4n) is 4.53. The minimum absolute atomic E-state index is 0.00241. The molecule has 0 aromatic heterocycles. The highest BCUT2D eigenvalue weighted by molar-refractivity contribution is 5.88. The van der Waals surface area contributed by atoms with Crippen molar-refractivity contribution in [3.8, 4) is 51.4 Å². The molecule has 5 atom stereocenters. The SMILES string of the molecule is COc1cc(-c2oc3cc(=O)cc(O)c-3cc2OC2OC(COC(=[OH+])C=Cc3ccc(O)cc3)C(O)C(O)C2O)ccc1O. The van der Waals surface area contributed by atoms with Crippen molar-refractivity contribution in [3.63, 3.8) is 0 Å². The number of phenolic OH excluding ortho intramolecular Hbond substituents is 3. The van der Waals surface area contributed by atoms with E-state index >= 15 is 0 Å². The van der Waals surface area contributed by atoms with Gasteiger partial charge in [0.05, 0.1) is 18.7 Å². The van der Waals surface area contributed by atoms with E-state index in [1.165, 1.54) is 55.7 Å². The fraction of sp³-hybridized carbons (Fsp3) is 0.226. The standard InChI is InChI=1S/C31H28O13/c1-40-23-10-16(5-8-20(23)34)30-24(13-19-21(35)11-18(33)12-22(19)42-30)43-31-29(39)28(38)27(37)25(44-31)14-41-26(36)9-4-15-2-6-17(32)7-3-15/h2-13,25,27-29,31-32,34-35,37-39H,14H2,1H3/p+1. The summed E-state index contributed by atoms with van der Waals surface area (Å²) < 4.78 is 28.0. The topological polar surface area (TPSA) is 210 Å². The van der Waals surface area contributed by atoms with Gasteiger partial charge in [-0.25, -0.2) is 0 Å². The summed E-state index contributed by atoms with van der Waals surface area (Å²) in [6.07, 6.45) is -5.36. The lowest BCUT2D eigenvalue weighted by atomic mass is 9.99. The van der Waals surface area contributed by atoms with Gasteiger partial charge in [0.15, 0.2) is 34.5 Å². The summed E-state index contributed by atoms with van der Waals surface area (Å²) in [5, 5.41) is 61.7.